The van der Waals surface area contributed by atoms with Gasteiger partial charge in [0.05, 0.1) is 23.4 Å². The number of thiazole rings is 1. The van der Waals surface area contributed by atoms with Gasteiger partial charge in [0.25, 0.3) is 0 Å². The van der Waals surface area contributed by atoms with Crippen molar-refractivity contribution in [2.45, 2.75) is 25.5 Å². The molecule has 1 fully saturated rings. The standard InChI is InChI=1S/C10H16N2OS2/c1-7-12-8(5-15-7)4-9(11)10-6-14-3-2-13-10/h5,9-10H,2-4,6,11H2,1H3. The van der Waals surface area contributed by atoms with Gasteiger partial charge in [0.1, 0.15) is 0 Å². The minimum Gasteiger partial charge on any atom is -0.375 e. The fraction of sp³-hybridized carbons (Fsp3) is 0.700. The SMILES string of the molecule is Cc1nc(CC(N)C2CSCCO2)cs1. The molecule has 1 aromatic rings. The average molecular weight is 244 g/mol. The molecule has 1 saturated heterocycles. The molecule has 0 saturated carbocycles. The summed E-state index contributed by atoms with van der Waals surface area (Å²) < 4.78 is 5.65. The van der Waals surface area contributed by atoms with Gasteiger partial charge in [0, 0.05) is 29.3 Å². The van der Waals surface area contributed by atoms with Gasteiger partial charge >= 0.3 is 0 Å². The topological polar surface area (TPSA) is 48.1 Å². The smallest absolute Gasteiger partial charge is 0.0897 e. The zero-order valence-corrected chi connectivity index (χ0v) is 10.4. The van der Waals surface area contributed by atoms with Gasteiger partial charge in [0.2, 0.25) is 0 Å². The van der Waals surface area contributed by atoms with Crippen LogP contribution in [-0.4, -0.2) is 35.2 Å². The van der Waals surface area contributed by atoms with Crippen molar-refractivity contribution in [3.05, 3.63) is 16.1 Å². The van der Waals surface area contributed by atoms with Crippen LogP contribution in [0.25, 0.3) is 0 Å². The molecule has 2 unspecified atom stereocenters. The lowest BCUT2D eigenvalue weighted by molar-refractivity contribution is 0.0570. The zero-order chi connectivity index (χ0) is 10.7. The highest BCUT2D eigenvalue weighted by Gasteiger charge is 2.22. The van der Waals surface area contributed by atoms with Crippen molar-refractivity contribution in [1.29, 1.82) is 0 Å². The van der Waals surface area contributed by atoms with Crippen molar-refractivity contribution in [2.75, 3.05) is 18.1 Å². The quantitative estimate of drug-likeness (QED) is 0.874. The molecule has 0 spiro atoms. The van der Waals surface area contributed by atoms with E-state index in [-0.39, 0.29) is 12.1 Å². The minimum absolute atomic E-state index is 0.0827. The maximum Gasteiger partial charge on any atom is 0.0897 e. The van der Waals surface area contributed by atoms with Crippen molar-refractivity contribution >= 4 is 23.1 Å². The first-order valence-electron chi connectivity index (χ1n) is 5.11. The Labute approximate surface area is 98.4 Å². The Balaban J connectivity index is 1.88. The second-order valence-corrected chi connectivity index (χ2v) is 5.92. The van der Waals surface area contributed by atoms with Crippen molar-refractivity contribution in [3.63, 3.8) is 0 Å². The molecule has 84 valence electrons. The van der Waals surface area contributed by atoms with Gasteiger partial charge in [-0.05, 0) is 6.92 Å². The van der Waals surface area contributed by atoms with Crippen LogP contribution in [0, 0.1) is 6.92 Å². The third-order valence-corrected chi connectivity index (χ3v) is 4.27. The maximum atomic E-state index is 6.12. The summed E-state index contributed by atoms with van der Waals surface area (Å²) in [6.45, 7) is 2.85. The second-order valence-electron chi connectivity index (χ2n) is 3.71. The lowest BCUT2D eigenvalue weighted by Crippen LogP contribution is -2.42. The summed E-state index contributed by atoms with van der Waals surface area (Å²) in [5, 5.41) is 3.20. The molecule has 2 heterocycles. The predicted molar refractivity (Wildman–Crippen MR) is 65.6 cm³/mol. The van der Waals surface area contributed by atoms with E-state index in [1.165, 1.54) is 0 Å². The maximum absolute atomic E-state index is 6.12. The third kappa shape index (κ3) is 3.17. The van der Waals surface area contributed by atoms with Gasteiger partial charge in [-0.3, -0.25) is 0 Å². The van der Waals surface area contributed by atoms with Crippen LogP contribution in [0.15, 0.2) is 5.38 Å². The molecule has 0 bridgehead atoms. The highest BCUT2D eigenvalue weighted by atomic mass is 32.2. The first-order chi connectivity index (χ1) is 7.25. The molecule has 1 aliphatic heterocycles. The summed E-state index contributed by atoms with van der Waals surface area (Å²) in [5.74, 6) is 2.11. The number of rotatable bonds is 3. The molecular formula is C10H16N2OS2. The van der Waals surface area contributed by atoms with Gasteiger partial charge in [0.15, 0.2) is 0 Å². The highest BCUT2D eigenvalue weighted by Crippen LogP contribution is 2.17. The van der Waals surface area contributed by atoms with Gasteiger partial charge in [-0.1, -0.05) is 0 Å². The molecule has 1 aromatic heterocycles. The van der Waals surface area contributed by atoms with E-state index in [1.54, 1.807) is 11.3 Å². The zero-order valence-electron chi connectivity index (χ0n) is 8.81. The molecule has 2 atom stereocenters. The van der Waals surface area contributed by atoms with Crippen LogP contribution >= 0.6 is 23.1 Å². The Kier molecular flexibility index (Phi) is 4.02. The predicted octanol–water partition coefficient (Wildman–Crippen LogP) is 1.45. The van der Waals surface area contributed by atoms with Gasteiger partial charge in [-0.2, -0.15) is 11.8 Å². The Morgan fingerprint density at radius 3 is 3.20 bits per heavy atom. The molecular weight excluding hydrogens is 228 g/mol. The van der Waals surface area contributed by atoms with Crippen LogP contribution in [0.2, 0.25) is 0 Å². The average Bonchev–Trinajstić information content (AvgIpc) is 2.65. The van der Waals surface area contributed by atoms with Crippen molar-refractivity contribution < 1.29 is 4.74 Å². The number of hydrogen-bond donors (Lipinski definition) is 1. The molecule has 0 aliphatic carbocycles. The van der Waals surface area contributed by atoms with E-state index >= 15 is 0 Å². The lowest BCUT2D eigenvalue weighted by Gasteiger charge is -2.27. The Bertz CT molecular complexity index is 310. The Hall–Kier alpha value is -0.100. The summed E-state index contributed by atoms with van der Waals surface area (Å²) in [6.07, 6.45) is 1.03. The van der Waals surface area contributed by atoms with Crippen LogP contribution in [0.3, 0.4) is 0 Å². The molecule has 0 radical (unpaired) electrons. The molecule has 5 heteroatoms. The molecule has 2 rings (SSSR count). The summed E-state index contributed by atoms with van der Waals surface area (Å²) in [4.78, 5) is 4.42. The van der Waals surface area contributed by atoms with E-state index in [4.69, 9.17) is 10.5 Å². The van der Waals surface area contributed by atoms with E-state index in [0.29, 0.717) is 0 Å². The second kappa shape index (κ2) is 5.30. The van der Waals surface area contributed by atoms with Gasteiger partial charge in [-0.25, -0.2) is 4.98 Å². The minimum atomic E-state index is 0.0827. The van der Waals surface area contributed by atoms with Crippen LogP contribution in [0.1, 0.15) is 10.7 Å². The Morgan fingerprint density at radius 1 is 1.73 bits per heavy atom. The van der Waals surface area contributed by atoms with Crippen LogP contribution in [0.5, 0.6) is 0 Å². The van der Waals surface area contributed by atoms with E-state index in [9.17, 15) is 0 Å². The first-order valence-corrected chi connectivity index (χ1v) is 7.15. The number of thioether (sulfide) groups is 1. The number of ether oxygens (including phenoxy) is 1. The summed E-state index contributed by atoms with van der Waals surface area (Å²) >= 11 is 3.60. The monoisotopic (exact) mass is 244 g/mol. The van der Waals surface area contributed by atoms with E-state index in [1.807, 2.05) is 18.7 Å². The van der Waals surface area contributed by atoms with Gasteiger partial charge in [-0.15, -0.1) is 11.3 Å². The fourth-order valence-electron chi connectivity index (χ4n) is 1.63. The molecule has 2 N–H and O–H groups in total. The summed E-state index contributed by atoms with van der Waals surface area (Å²) in [7, 11) is 0. The molecule has 3 nitrogen and oxygen atoms in total. The van der Waals surface area contributed by atoms with Gasteiger partial charge < -0.3 is 10.5 Å². The number of nitrogens with two attached hydrogens (primary N) is 1. The third-order valence-electron chi connectivity index (χ3n) is 2.43. The number of aromatic nitrogens is 1. The van der Waals surface area contributed by atoms with Crippen molar-refractivity contribution in [2.24, 2.45) is 5.73 Å². The summed E-state index contributed by atoms with van der Waals surface area (Å²) in [5.41, 5.74) is 7.22. The fourth-order valence-corrected chi connectivity index (χ4v) is 3.21. The normalized spacial score (nSPS) is 24.0. The number of aryl methyl sites for hydroxylation is 1. The van der Waals surface area contributed by atoms with E-state index in [2.05, 4.69) is 10.4 Å². The number of nitrogens with zero attached hydrogens (tertiary/aromatic N) is 1. The largest absolute Gasteiger partial charge is 0.375 e. The Morgan fingerprint density at radius 2 is 2.60 bits per heavy atom. The van der Waals surface area contributed by atoms with E-state index < -0.39 is 0 Å². The lowest BCUT2D eigenvalue weighted by atomic mass is 10.1. The van der Waals surface area contributed by atoms with Crippen LogP contribution in [-0.2, 0) is 11.2 Å². The van der Waals surface area contributed by atoms with E-state index in [0.717, 1.165) is 35.2 Å². The highest BCUT2D eigenvalue weighted by molar-refractivity contribution is 7.99. The molecule has 0 aromatic carbocycles. The van der Waals surface area contributed by atoms with Crippen LogP contribution in [0.4, 0.5) is 0 Å². The number of hydrogen-bond acceptors (Lipinski definition) is 5. The van der Waals surface area contributed by atoms with Crippen LogP contribution < -0.4 is 5.73 Å². The first kappa shape index (κ1) is 11.4. The molecule has 1 aliphatic rings. The molecule has 15 heavy (non-hydrogen) atoms. The summed E-state index contributed by atoms with van der Waals surface area (Å²) in [6, 6.07) is 0.0827. The molecule has 0 amide bonds. The van der Waals surface area contributed by atoms with Crippen molar-refractivity contribution in [1.82, 2.24) is 4.98 Å². The van der Waals surface area contributed by atoms with Crippen molar-refractivity contribution in [3.8, 4) is 0 Å².